The first-order valence-electron chi connectivity index (χ1n) is 5.73. The van der Waals surface area contributed by atoms with Crippen molar-refractivity contribution in [1.29, 1.82) is 0 Å². The first kappa shape index (κ1) is 13.2. The van der Waals surface area contributed by atoms with Crippen molar-refractivity contribution in [2.45, 2.75) is 19.9 Å². The predicted octanol–water partition coefficient (Wildman–Crippen LogP) is 2.77. The third-order valence-electron chi connectivity index (χ3n) is 2.51. The van der Waals surface area contributed by atoms with Gasteiger partial charge in [0.05, 0.1) is 5.69 Å². The van der Waals surface area contributed by atoms with Crippen LogP contribution >= 0.6 is 0 Å². The quantitative estimate of drug-likeness (QED) is 0.924. The zero-order chi connectivity index (χ0) is 13.8. The SMILES string of the molecule is Cc1cc(C(F)F)n(CC(=O)Nc2ccccc2)n1. The molecule has 2 aromatic rings. The average molecular weight is 265 g/mol. The van der Waals surface area contributed by atoms with Gasteiger partial charge in [-0.2, -0.15) is 5.10 Å². The van der Waals surface area contributed by atoms with Crippen molar-refractivity contribution in [3.8, 4) is 0 Å². The Morgan fingerprint density at radius 2 is 2.05 bits per heavy atom. The molecule has 0 bridgehead atoms. The Hall–Kier alpha value is -2.24. The summed E-state index contributed by atoms with van der Waals surface area (Å²) in [4.78, 5) is 11.7. The molecule has 1 aromatic carbocycles. The number of nitrogens with zero attached hydrogens (tertiary/aromatic N) is 2. The van der Waals surface area contributed by atoms with Gasteiger partial charge in [-0.25, -0.2) is 8.78 Å². The largest absolute Gasteiger partial charge is 0.324 e. The second kappa shape index (κ2) is 5.60. The van der Waals surface area contributed by atoms with Crippen LogP contribution in [0.4, 0.5) is 14.5 Å². The number of para-hydroxylation sites is 1. The van der Waals surface area contributed by atoms with Crippen molar-refractivity contribution in [3.63, 3.8) is 0 Å². The molecule has 19 heavy (non-hydrogen) atoms. The van der Waals surface area contributed by atoms with Gasteiger partial charge >= 0.3 is 0 Å². The van der Waals surface area contributed by atoms with E-state index in [0.29, 0.717) is 11.4 Å². The standard InChI is InChI=1S/C13H13F2N3O/c1-9-7-11(13(14)15)18(17-9)8-12(19)16-10-5-3-2-4-6-10/h2-7,13H,8H2,1H3,(H,16,19). The van der Waals surface area contributed by atoms with Gasteiger partial charge in [-0.05, 0) is 25.1 Å². The molecule has 0 aliphatic heterocycles. The van der Waals surface area contributed by atoms with Crippen LogP contribution in [-0.2, 0) is 11.3 Å². The van der Waals surface area contributed by atoms with Crippen LogP contribution in [0.5, 0.6) is 0 Å². The van der Waals surface area contributed by atoms with Gasteiger partial charge in [0.2, 0.25) is 5.91 Å². The van der Waals surface area contributed by atoms with Gasteiger partial charge in [0.1, 0.15) is 12.2 Å². The summed E-state index contributed by atoms with van der Waals surface area (Å²) in [5.41, 5.74) is 0.832. The fraction of sp³-hybridized carbons (Fsp3) is 0.231. The predicted molar refractivity (Wildman–Crippen MR) is 67.0 cm³/mol. The van der Waals surface area contributed by atoms with Crippen LogP contribution in [-0.4, -0.2) is 15.7 Å². The number of hydrogen-bond donors (Lipinski definition) is 1. The second-order valence-corrected chi connectivity index (χ2v) is 4.08. The van der Waals surface area contributed by atoms with Crippen molar-refractivity contribution in [3.05, 3.63) is 47.8 Å². The van der Waals surface area contributed by atoms with E-state index in [4.69, 9.17) is 0 Å². The van der Waals surface area contributed by atoms with Gasteiger partial charge in [0, 0.05) is 5.69 Å². The van der Waals surface area contributed by atoms with Gasteiger partial charge in [0.25, 0.3) is 6.43 Å². The monoisotopic (exact) mass is 265 g/mol. The summed E-state index contributed by atoms with van der Waals surface area (Å²) in [6, 6.07) is 10.1. The molecule has 6 heteroatoms. The number of aromatic nitrogens is 2. The van der Waals surface area contributed by atoms with E-state index in [1.165, 1.54) is 6.07 Å². The maximum absolute atomic E-state index is 12.7. The zero-order valence-electron chi connectivity index (χ0n) is 10.3. The number of halogens is 2. The molecule has 0 aliphatic carbocycles. The van der Waals surface area contributed by atoms with Crippen LogP contribution in [0.2, 0.25) is 0 Å². The topological polar surface area (TPSA) is 46.9 Å². The molecule has 1 aromatic heterocycles. The normalized spacial score (nSPS) is 10.7. The van der Waals surface area contributed by atoms with Gasteiger partial charge in [-0.15, -0.1) is 0 Å². The second-order valence-electron chi connectivity index (χ2n) is 4.08. The lowest BCUT2D eigenvalue weighted by Gasteiger charge is -2.07. The molecule has 0 saturated heterocycles. The summed E-state index contributed by atoms with van der Waals surface area (Å²) < 4.78 is 26.5. The molecular formula is C13H13F2N3O. The fourth-order valence-electron chi connectivity index (χ4n) is 1.73. The number of carbonyl (C=O) groups is 1. The Kier molecular flexibility index (Phi) is 3.89. The van der Waals surface area contributed by atoms with Crippen molar-refractivity contribution in [1.82, 2.24) is 9.78 Å². The van der Waals surface area contributed by atoms with Crippen LogP contribution in [0, 0.1) is 6.92 Å². The van der Waals surface area contributed by atoms with Crippen molar-refractivity contribution in [2.24, 2.45) is 0 Å². The highest BCUT2D eigenvalue weighted by Gasteiger charge is 2.17. The lowest BCUT2D eigenvalue weighted by Crippen LogP contribution is -2.21. The van der Waals surface area contributed by atoms with Crippen molar-refractivity contribution < 1.29 is 13.6 Å². The summed E-state index contributed by atoms with van der Waals surface area (Å²) in [5.74, 6) is -0.392. The number of carbonyl (C=O) groups excluding carboxylic acids is 1. The van der Waals surface area contributed by atoms with E-state index in [1.807, 2.05) is 6.07 Å². The molecule has 100 valence electrons. The highest BCUT2D eigenvalue weighted by atomic mass is 19.3. The third-order valence-corrected chi connectivity index (χ3v) is 2.51. The molecule has 4 nitrogen and oxygen atoms in total. The molecule has 0 unspecified atom stereocenters. The number of nitrogens with one attached hydrogen (secondary N) is 1. The van der Waals surface area contributed by atoms with Crippen LogP contribution in [0.3, 0.4) is 0 Å². The molecule has 0 spiro atoms. The number of rotatable bonds is 4. The van der Waals surface area contributed by atoms with Crippen molar-refractivity contribution in [2.75, 3.05) is 5.32 Å². The molecular weight excluding hydrogens is 252 g/mol. The highest BCUT2D eigenvalue weighted by molar-refractivity contribution is 5.90. The van der Waals surface area contributed by atoms with Crippen LogP contribution in [0.25, 0.3) is 0 Å². The highest BCUT2D eigenvalue weighted by Crippen LogP contribution is 2.19. The van der Waals surface area contributed by atoms with E-state index in [-0.39, 0.29) is 12.2 Å². The summed E-state index contributed by atoms with van der Waals surface area (Å²) in [5, 5.41) is 6.51. The fourth-order valence-corrected chi connectivity index (χ4v) is 1.73. The minimum absolute atomic E-state index is 0.234. The molecule has 1 heterocycles. The Morgan fingerprint density at radius 3 is 2.68 bits per heavy atom. The van der Waals surface area contributed by atoms with Gasteiger partial charge in [-0.3, -0.25) is 9.48 Å². The number of aryl methyl sites for hydroxylation is 1. The molecule has 0 atom stereocenters. The number of anilines is 1. The summed E-state index contributed by atoms with van der Waals surface area (Å²) in [7, 11) is 0. The maximum Gasteiger partial charge on any atom is 0.280 e. The minimum Gasteiger partial charge on any atom is -0.324 e. The van der Waals surface area contributed by atoms with Crippen molar-refractivity contribution >= 4 is 11.6 Å². The zero-order valence-corrected chi connectivity index (χ0v) is 10.3. The first-order valence-corrected chi connectivity index (χ1v) is 5.73. The van der Waals surface area contributed by atoms with Crippen LogP contribution in [0.15, 0.2) is 36.4 Å². The average Bonchev–Trinajstić information content (AvgIpc) is 2.71. The summed E-state index contributed by atoms with van der Waals surface area (Å²) in [6.45, 7) is 1.37. The number of amides is 1. The molecule has 0 fully saturated rings. The van der Waals surface area contributed by atoms with Gasteiger partial charge in [0.15, 0.2) is 0 Å². The smallest absolute Gasteiger partial charge is 0.280 e. The van der Waals surface area contributed by atoms with E-state index >= 15 is 0 Å². The number of hydrogen-bond acceptors (Lipinski definition) is 2. The molecule has 1 N–H and O–H groups in total. The Balaban J connectivity index is 2.07. The van der Waals surface area contributed by atoms with E-state index in [9.17, 15) is 13.6 Å². The van der Waals surface area contributed by atoms with Crippen LogP contribution < -0.4 is 5.32 Å². The summed E-state index contributed by atoms with van der Waals surface area (Å²) in [6.07, 6.45) is -2.65. The number of alkyl halides is 2. The third kappa shape index (κ3) is 3.37. The lowest BCUT2D eigenvalue weighted by molar-refractivity contribution is -0.117. The van der Waals surface area contributed by atoms with Gasteiger partial charge < -0.3 is 5.32 Å². The van der Waals surface area contributed by atoms with E-state index in [0.717, 1.165) is 4.68 Å². The first-order chi connectivity index (χ1) is 9.06. The Labute approximate surface area is 109 Å². The van der Waals surface area contributed by atoms with E-state index in [1.54, 1.807) is 31.2 Å². The van der Waals surface area contributed by atoms with E-state index in [2.05, 4.69) is 10.4 Å². The van der Waals surface area contributed by atoms with Crippen LogP contribution in [0.1, 0.15) is 17.8 Å². The molecule has 0 radical (unpaired) electrons. The lowest BCUT2D eigenvalue weighted by atomic mass is 10.3. The molecule has 0 aliphatic rings. The molecule has 0 saturated carbocycles. The Bertz CT molecular complexity index is 567. The minimum atomic E-state index is -2.65. The van der Waals surface area contributed by atoms with Gasteiger partial charge in [-0.1, -0.05) is 18.2 Å². The molecule has 2 rings (SSSR count). The summed E-state index contributed by atoms with van der Waals surface area (Å²) >= 11 is 0. The Morgan fingerprint density at radius 1 is 1.37 bits per heavy atom. The maximum atomic E-state index is 12.7. The number of benzene rings is 1. The van der Waals surface area contributed by atoms with E-state index < -0.39 is 12.3 Å². The molecule has 1 amide bonds.